The van der Waals surface area contributed by atoms with Crippen molar-refractivity contribution in [1.82, 2.24) is 4.90 Å². The van der Waals surface area contributed by atoms with Gasteiger partial charge in [0.05, 0.1) is 5.71 Å². The van der Waals surface area contributed by atoms with Crippen LogP contribution in [0.15, 0.2) is 5.16 Å². The molecule has 0 atom stereocenters. The van der Waals surface area contributed by atoms with Crippen LogP contribution in [-0.2, 0) is 4.79 Å². The number of nitrogens with zero attached hydrogens (tertiary/aromatic N) is 2. The van der Waals surface area contributed by atoms with E-state index in [1.807, 2.05) is 4.90 Å². The number of unbranched alkanes of at least 4 members (excludes halogenated alkanes) is 5. The number of oxime groups is 1. The molecule has 0 bridgehead atoms. The lowest BCUT2D eigenvalue weighted by Gasteiger charge is -2.27. The van der Waals surface area contributed by atoms with Crippen molar-refractivity contribution in [3.8, 4) is 0 Å². The maximum absolute atomic E-state index is 11.9. The molecule has 1 amide bonds. The fourth-order valence-corrected chi connectivity index (χ4v) is 2.33. The third-order valence-electron chi connectivity index (χ3n) is 3.58. The summed E-state index contributed by atoms with van der Waals surface area (Å²) in [5.41, 5.74) is 0.818. The highest BCUT2D eigenvalue weighted by molar-refractivity contribution is 5.87. The summed E-state index contributed by atoms with van der Waals surface area (Å²) < 4.78 is 0. The van der Waals surface area contributed by atoms with Crippen molar-refractivity contribution < 1.29 is 10.0 Å². The van der Waals surface area contributed by atoms with Crippen molar-refractivity contribution >= 4 is 11.6 Å². The Morgan fingerprint density at radius 1 is 1.17 bits per heavy atom. The summed E-state index contributed by atoms with van der Waals surface area (Å²) in [4.78, 5) is 13.8. The Hall–Kier alpha value is -1.06. The van der Waals surface area contributed by atoms with Crippen molar-refractivity contribution in [2.24, 2.45) is 5.16 Å². The van der Waals surface area contributed by atoms with Gasteiger partial charge in [-0.05, 0) is 6.42 Å². The number of rotatable bonds is 7. The molecule has 0 aromatic carbocycles. The van der Waals surface area contributed by atoms with Gasteiger partial charge in [0.2, 0.25) is 5.91 Å². The SMILES string of the molecule is CCCCCCCCC(=O)N1CCC(=NO)CC1. The maximum Gasteiger partial charge on any atom is 0.222 e. The first kappa shape index (κ1) is 15.0. The quantitative estimate of drug-likeness (QED) is 0.431. The van der Waals surface area contributed by atoms with E-state index in [0.29, 0.717) is 19.5 Å². The summed E-state index contributed by atoms with van der Waals surface area (Å²) >= 11 is 0. The third-order valence-corrected chi connectivity index (χ3v) is 3.58. The van der Waals surface area contributed by atoms with Gasteiger partial charge in [-0.2, -0.15) is 0 Å². The van der Waals surface area contributed by atoms with Crippen LogP contribution in [0.4, 0.5) is 0 Å². The summed E-state index contributed by atoms with van der Waals surface area (Å²) in [7, 11) is 0. The molecular formula is C14H26N2O2. The summed E-state index contributed by atoms with van der Waals surface area (Å²) in [5.74, 6) is 0.266. The topological polar surface area (TPSA) is 52.9 Å². The lowest BCUT2D eigenvalue weighted by atomic mass is 10.1. The van der Waals surface area contributed by atoms with Crippen LogP contribution in [0, 0.1) is 0 Å². The summed E-state index contributed by atoms with van der Waals surface area (Å²) in [6.07, 6.45) is 9.43. The van der Waals surface area contributed by atoms with E-state index >= 15 is 0 Å². The van der Waals surface area contributed by atoms with E-state index in [-0.39, 0.29) is 5.91 Å². The molecule has 18 heavy (non-hydrogen) atoms. The number of hydrogen-bond donors (Lipinski definition) is 1. The van der Waals surface area contributed by atoms with Crippen LogP contribution >= 0.6 is 0 Å². The van der Waals surface area contributed by atoms with Crippen LogP contribution in [0.5, 0.6) is 0 Å². The van der Waals surface area contributed by atoms with Crippen molar-refractivity contribution in [3.05, 3.63) is 0 Å². The number of amides is 1. The van der Waals surface area contributed by atoms with Gasteiger partial charge in [-0.1, -0.05) is 44.2 Å². The molecule has 1 aliphatic rings. The average molecular weight is 254 g/mol. The lowest BCUT2D eigenvalue weighted by molar-refractivity contribution is -0.131. The van der Waals surface area contributed by atoms with Gasteiger partial charge in [-0.3, -0.25) is 4.79 Å². The lowest BCUT2D eigenvalue weighted by Crippen LogP contribution is -2.38. The smallest absolute Gasteiger partial charge is 0.222 e. The molecule has 0 aromatic rings. The summed E-state index contributed by atoms with van der Waals surface area (Å²) in [5, 5.41) is 11.9. The van der Waals surface area contributed by atoms with Gasteiger partial charge >= 0.3 is 0 Å². The summed E-state index contributed by atoms with van der Waals surface area (Å²) in [6.45, 7) is 3.64. The van der Waals surface area contributed by atoms with Gasteiger partial charge in [0.15, 0.2) is 0 Å². The molecular weight excluding hydrogens is 228 g/mol. The highest BCUT2D eigenvalue weighted by Crippen LogP contribution is 2.12. The minimum Gasteiger partial charge on any atom is -0.411 e. The molecule has 0 aromatic heterocycles. The molecule has 0 saturated carbocycles. The second kappa shape index (κ2) is 8.95. The molecule has 0 spiro atoms. The van der Waals surface area contributed by atoms with E-state index in [0.717, 1.165) is 25.0 Å². The first-order valence-electron chi connectivity index (χ1n) is 7.25. The molecule has 1 aliphatic heterocycles. The number of hydrogen-bond acceptors (Lipinski definition) is 3. The molecule has 104 valence electrons. The molecule has 1 N–H and O–H groups in total. The third kappa shape index (κ3) is 5.52. The standard InChI is InChI=1S/C14H26N2O2/c1-2-3-4-5-6-7-8-14(17)16-11-9-13(15-18)10-12-16/h18H,2-12H2,1H3. The Morgan fingerprint density at radius 3 is 2.39 bits per heavy atom. The molecule has 1 heterocycles. The Morgan fingerprint density at radius 2 is 1.78 bits per heavy atom. The Kier molecular flexibility index (Phi) is 7.46. The van der Waals surface area contributed by atoms with Gasteiger partial charge in [0, 0.05) is 32.4 Å². The zero-order chi connectivity index (χ0) is 13.2. The molecule has 1 saturated heterocycles. The number of piperidine rings is 1. The van der Waals surface area contributed by atoms with Crippen molar-refractivity contribution in [2.45, 2.75) is 64.7 Å². The van der Waals surface area contributed by atoms with Crippen molar-refractivity contribution in [1.29, 1.82) is 0 Å². The Labute approximate surface area is 110 Å². The van der Waals surface area contributed by atoms with E-state index < -0.39 is 0 Å². The molecule has 0 aliphatic carbocycles. The molecule has 0 radical (unpaired) electrons. The second-order valence-electron chi connectivity index (χ2n) is 5.06. The van der Waals surface area contributed by atoms with Crippen LogP contribution < -0.4 is 0 Å². The van der Waals surface area contributed by atoms with Crippen LogP contribution in [0.3, 0.4) is 0 Å². The van der Waals surface area contributed by atoms with Gasteiger partial charge in [-0.15, -0.1) is 0 Å². The fraction of sp³-hybridized carbons (Fsp3) is 0.857. The predicted octanol–water partition coefficient (Wildman–Crippen LogP) is 3.19. The maximum atomic E-state index is 11.9. The predicted molar refractivity (Wildman–Crippen MR) is 73.0 cm³/mol. The minimum absolute atomic E-state index is 0.266. The van der Waals surface area contributed by atoms with E-state index in [9.17, 15) is 4.79 Å². The van der Waals surface area contributed by atoms with E-state index in [2.05, 4.69) is 12.1 Å². The number of carbonyl (C=O) groups is 1. The largest absolute Gasteiger partial charge is 0.411 e. The molecule has 0 unspecified atom stereocenters. The van der Waals surface area contributed by atoms with Crippen LogP contribution in [0.1, 0.15) is 64.7 Å². The highest BCUT2D eigenvalue weighted by atomic mass is 16.4. The average Bonchev–Trinajstić information content (AvgIpc) is 2.42. The molecule has 1 rings (SSSR count). The van der Waals surface area contributed by atoms with Crippen LogP contribution in [0.25, 0.3) is 0 Å². The number of likely N-dealkylation sites (tertiary alicyclic amines) is 1. The van der Waals surface area contributed by atoms with Gasteiger partial charge in [-0.25, -0.2) is 0 Å². The first-order valence-corrected chi connectivity index (χ1v) is 7.25. The Balaban J connectivity index is 2.07. The normalized spacial score (nSPS) is 15.8. The van der Waals surface area contributed by atoms with Gasteiger partial charge in [0.25, 0.3) is 0 Å². The summed E-state index contributed by atoms with van der Waals surface area (Å²) in [6, 6.07) is 0. The molecule has 4 heteroatoms. The molecule has 1 fully saturated rings. The molecule has 4 nitrogen and oxygen atoms in total. The van der Waals surface area contributed by atoms with Gasteiger partial charge < -0.3 is 10.1 Å². The van der Waals surface area contributed by atoms with Crippen LogP contribution in [0.2, 0.25) is 0 Å². The first-order chi connectivity index (χ1) is 8.77. The van der Waals surface area contributed by atoms with E-state index in [1.165, 1.54) is 32.1 Å². The van der Waals surface area contributed by atoms with E-state index in [4.69, 9.17) is 5.21 Å². The van der Waals surface area contributed by atoms with Crippen molar-refractivity contribution in [2.75, 3.05) is 13.1 Å². The monoisotopic (exact) mass is 254 g/mol. The fourth-order valence-electron chi connectivity index (χ4n) is 2.33. The minimum atomic E-state index is 0.266. The number of carbonyl (C=O) groups excluding carboxylic acids is 1. The second-order valence-corrected chi connectivity index (χ2v) is 5.06. The van der Waals surface area contributed by atoms with Gasteiger partial charge in [0.1, 0.15) is 0 Å². The Bertz CT molecular complexity index is 267. The van der Waals surface area contributed by atoms with Crippen LogP contribution in [-0.4, -0.2) is 34.8 Å². The zero-order valence-corrected chi connectivity index (χ0v) is 11.5. The highest BCUT2D eigenvalue weighted by Gasteiger charge is 2.19. The zero-order valence-electron chi connectivity index (χ0n) is 11.5. The van der Waals surface area contributed by atoms with E-state index in [1.54, 1.807) is 0 Å². The van der Waals surface area contributed by atoms with Crippen molar-refractivity contribution in [3.63, 3.8) is 0 Å².